The Bertz CT molecular complexity index is 1500. The van der Waals surface area contributed by atoms with Crippen LogP contribution in [0.15, 0.2) is 83.1 Å². The molecule has 11 nitrogen and oxygen atoms in total. The Morgan fingerprint density at radius 1 is 1.07 bits per heavy atom. The van der Waals surface area contributed by atoms with Crippen molar-refractivity contribution >= 4 is 40.8 Å². The number of urea groups is 1. The highest BCUT2D eigenvalue weighted by atomic mass is 127. The summed E-state index contributed by atoms with van der Waals surface area (Å²) in [6.07, 6.45) is 0.479. The summed E-state index contributed by atoms with van der Waals surface area (Å²) in [5.74, 6) is 0.963. The van der Waals surface area contributed by atoms with Gasteiger partial charge in [0.05, 0.1) is 35.1 Å². The largest absolute Gasteiger partial charge is 0.490 e. The number of aliphatic hydroxyl groups is 1. The zero-order chi connectivity index (χ0) is 30.8. The fourth-order valence-electron chi connectivity index (χ4n) is 4.27. The molecule has 226 valence electrons. The molecule has 1 aliphatic rings. The van der Waals surface area contributed by atoms with Crippen molar-refractivity contribution in [2.75, 3.05) is 20.3 Å². The number of hydrazone groups is 1. The van der Waals surface area contributed by atoms with Crippen LogP contribution in [-0.2, 0) is 16.1 Å². The highest BCUT2D eigenvalue weighted by Gasteiger charge is 2.32. The minimum Gasteiger partial charge on any atom is -0.490 e. The number of aliphatic hydroxyl groups excluding tert-OH is 1. The lowest BCUT2D eigenvalue weighted by Crippen LogP contribution is -2.45. The monoisotopic (exact) mass is 700 g/mol. The van der Waals surface area contributed by atoms with E-state index in [-0.39, 0.29) is 12.2 Å². The first-order valence-corrected chi connectivity index (χ1v) is 14.6. The number of rotatable bonds is 13. The quantitative estimate of drug-likeness (QED) is 0.0678. The number of allylic oxidation sites excluding steroid dienone is 1. The van der Waals surface area contributed by atoms with E-state index in [1.54, 1.807) is 31.3 Å². The third kappa shape index (κ3) is 8.61. The first kappa shape index (κ1) is 31.6. The standard InChI is InChI=1S/C31H33IN4O7/c1-4-41-26-15-22(29-28(30(38)40-3)19(2)34-31(39)35-29)11-13-25(26)43-18-27(37)36-33-16-21-10-12-24(23(32)14-21)42-17-20-8-6-5-7-9-20/h5-16,27,29,36-37H,4,17-18H2,1-3H3,(H2,34,35,39)/b33-16-/t27-,29-/m0/s1. The normalized spacial score (nSPS) is 15.4. The van der Waals surface area contributed by atoms with Crippen LogP contribution in [0.5, 0.6) is 17.2 Å². The van der Waals surface area contributed by atoms with Gasteiger partial charge in [-0.05, 0) is 83.5 Å². The van der Waals surface area contributed by atoms with Crippen LogP contribution in [0, 0.1) is 3.57 Å². The number of nitrogens with zero attached hydrogens (tertiary/aromatic N) is 1. The van der Waals surface area contributed by atoms with Gasteiger partial charge in [-0.3, -0.25) is 5.43 Å². The Morgan fingerprint density at radius 3 is 2.56 bits per heavy atom. The topological polar surface area (TPSA) is 140 Å². The van der Waals surface area contributed by atoms with Crippen LogP contribution in [0.4, 0.5) is 4.79 Å². The van der Waals surface area contributed by atoms with Crippen molar-refractivity contribution in [3.63, 3.8) is 0 Å². The Morgan fingerprint density at radius 2 is 1.84 bits per heavy atom. The van der Waals surface area contributed by atoms with Crippen molar-refractivity contribution in [3.05, 3.63) is 98.3 Å². The van der Waals surface area contributed by atoms with Crippen LogP contribution in [0.2, 0.25) is 0 Å². The SMILES string of the molecule is CCOc1cc([C@@H]2NC(=O)NC(C)=C2C(=O)OC)ccc1OC[C@H](O)N/N=C\c1ccc(OCc2ccccc2)c(I)c1. The highest BCUT2D eigenvalue weighted by molar-refractivity contribution is 14.1. The molecular weight excluding hydrogens is 667 g/mol. The molecule has 4 N–H and O–H groups in total. The lowest BCUT2D eigenvalue weighted by Gasteiger charge is -2.28. The van der Waals surface area contributed by atoms with E-state index in [0.717, 1.165) is 20.4 Å². The lowest BCUT2D eigenvalue weighted by molar-refractivity contribution is -0.136. The number of methoxy groups -OCH3 is 1. The molecule has 0 radical (unpaired) electrons. The first-order valence-electron chi connectivity index (χ1n) is 13.5. The van der Waals surface area contributed by atoms with Gasteiger partial charge in [-0.2, -0.15) is 5.10 Å². The van der Waals surface area contributed by atoms with Gasteiger partial charge in [-0.25, -0.2) is 9.59 Å². The van der Waals surface area contributed by atoms with E-state index < -0.39 is 24.3 Å². The minimum atomic E-state index is -1.11. The summed E-state index contributed by atoms with van der Waals surface area (Å²) in [6.45, 7) is 4.15. The molecule has 1 aliphatic heterocycles. The minimum absolute atomic E-state index is 0.128. The number of benzene rings is 3. The maximum absolute atomic E-state index is 12.4. The first-order chi connectivity index (χ1) is 20.8. The average molecular weight is 701 g/mol. The molecule has 2 atom stereocenters. The number of carbonyl (C=O) groups is 2. The molecule has 0 aliphatic carbocycles. The zero-order valence-corrected chi connectivity index (χ0v) is 26.1. The molecule has 12 heteroatoms. The molecule has 0 spiro atoms. The van der Waals surface area contributed by atoms with Gasteiger partial charge in [0.25, 0.3) is 0 Å². The predicted octanol–water partition coefficient (Wildman–Crippen LogP) is 4.39. The fourth-order valence-corrected chi connectivity index (χ4v) is 4.96. The zero-order valence-electron chi connectivity index (χ0n) is 23.9. The molecule has 0 saturated heterocycles. The second-order valence-electron chi connectivity index (χ2n) is 9.38. The van der Waals surface area contributed by atoms with Gasteiger partial charge in [0, 0.05) is 5.70 Å². The molecule has 1 heterocycles. The highest BCUT2D eigenvalue weighted by Crippen LogP contribution is 2.35. The molecule has 0 aromatic heterocycles. The van der Waals surface area contributed by atoms with Crippen LogP contribution in [-0.4, -0.2) is 49.9 Å². The van der Waals surface area contributed by atoms with Crippen molar-refractivity contribution in [2.24, 2.45) is 5.10 Å². The summed E-state index contributed by atoms with van der Waals surface area (Å²) in [6, 6.07) is 19.5. The molecule has 0 saturated carbocycles. The van der Waals surface area contributed by atoms with Crippen LogP contribution in [0.1, 0.15) is 36.6 Å². The number of ether oxygens (including phenoxy) is 4. The number of carbonyl (C=O) groups excluding carboxylic acids is 2. The van der Waals surface area contributed by atoms with E-state index in [9.17, 15) is 14.7 Å². The molecule has 43 heavy (non-hydrogen) atoms. The van der Waals surface area contributed by atoms with Gasteiger partial charge < -0.3 is 34.7 Å². The van der Waals surface area contributed by atoms with Crippen molar-refractivity contribution in [3.8, 4) is 17.2 Å². The molecule has 4 rings (SSSR count). The summed E-state index contributed by atoms with van der Waals surface area (Å²) < 4.78 is 23.3. The number of hydrogen-bond donors (Lipinski definition) is 4. The number of halogens is 1. The summed E-state index contributed by atoms with van der Waals surface area (Å²) in [4.78, 5) is 24.6. The summed E-state index contributed by atoms with van der Waals surface area (Å²) >= 11 is 2.21. The molecule has 3 aromatic rings. The van der Waals surface area contributed by atoms with Gasteiger partial charge in [-0.1, -0.05) is 36.4 Å². The van der Waals surface area contributed by atoms with Gasteiger partial charge >= 0.3 is 12.0 Å². The van der Waals surface area contributed by atoms with E-state index in [1.807, 2.05) is 55.5 Å². The van der Waals surface area contributed by atoms with Crippen LogP contribution >= 0.6 is 22.6 Å². The van der Waals surface area contributed by atoms with Crippen LogP contribution in [0.3, 0.4) is 0 Å². The molecule has 2 amide bonds. The van der Waals surface area contributed by atoms with Gasteiger partial charge in [0.1, 0.15) is 19.0 Å². The van der Waals surface area contributed by atoms with Gasteiger partial charge in [0.2, 0.25) is 0 Å². The summed E-state index contributed by atoms with van der Waals surface area (Å²) in [7, 11) is 1.28. The maximum Gasteiger partial charge on any atom is 0.337 e. The van der Waals surface area contributed by atoms with Crippen LogP contribution in [0.25, 0.3) is 0 Å². The van der Waals surface area contributed by atoms with E-state index in [1.165, 1.54) is 7.11 Å². The van der Waals surface area contributed by atoms with Crippen molar-refractivity contribution < 1.29 is 33.6 Å². The summed E-state index contributed by atoms with van der Waals surface area (Å²) in [5.41, 5.74) is 5.83. The molecular formula is C31H33IN4O7. The third-order valence-corrected chi connectivity index (χ3v) is 7.15. The average Bonchev–Trinajstić information content (AvgIpc) is 3.00. The van der Waals surface area contributed by atoms with Crippen molar-refractivity contribution in [1.82, 2.24) is 16.1 Å². The van der Waals surface area contributed by atoms with Crippen molar-refractivity contribution in [2.45, 2.75) is 32.7 Å². The second kappa shape index (κ2) is 15.3. The van der Waals surface area contributed by atoms with E-state index >= 15 is 0 Å². The smallest absolute Gasteiger partial charge is 0.337 e. The lowest BCUT2D eigenvalue weighted by atomic mass is 9.95. The van der Waals surface area contributed by atoms with Crippen LogP contribution < -0.4 is 30.3 Å². The Kier molecular flexibility index (Phi) is 11.2. The molecule has 3 aromatic carbocycles. The predicted molar refractivity (Wildman–Crippen MR) is 169 cm³/mol. The van der Waals surface area contributed by atoms with Gasteiger partial charge in [-0.15, -0.1) is 0 Å². The summed E-state index contributed by atoms with van der Waals surface area (Å²) in [5, 5.41) is 19.9. The van der Waals surface area contributed by atoms with E-state index in [4.69, 9.17) is 18.9 Å². The number of nitrogens with one attached hydrogen (secondary N) is 3. The number of hydrogen-bond acceptors (Lipinski definition) is 9. The Labute approximate surface area is 263 Å². The number of amides is 2. The Balaban J connectivity index is 1.35. The molecule has 0 bridgehead atoms. The Hall–Kier alpha value is -4.30. The second-order valence-corrected chi connectivity index (χ2v) is 10.5. The molecule has 0 fully saturated rings. The van der Waals surface area contributed by atoms with Crippen molar-refractivity contribution in [1.29, 1.82) is 0 Å². The van der Waals surface area contributed by atoms with E-state index in [2.05, 4.69) is 43.8 Å². The molecule has 0 unspecified atom stereocenters. The third-order valence-electron chi connectivity index (χ3n) is 6.30. The number of esters is 1. The van der Waals surface area contributed by atoms with Gasteiger partial charge in [0.15, 0.2) is 17.7 Å². The van der Waals surface area contributed by atoms with E-state index in [0.29, 0.717) is 36.0 Å². The fraction of sp³-hybridized carbons (Fsp3) is 0.258. The maximum atomic E-state index is 12.4.